The first kappa shape index (κ1) is 15.1. The second kappa shape index (κ2) is 5.76. The Morgan fingerprint density at radius 1 is 1.50 bits per heavy atom. The Hall–Kier alpha value is -1.82. The summed E-state index contributed by atoms with van der Waals surface area (Å²) in [7, 11) is 0. The largest absolute Gasteiger partial charge is 0.465 e. The first-order valence-electron chi connectivity index (χ1n) is 7.84. The maximum atomic E-state index is 11.3. The molecule has 3 heterocycles. The molecule has 0 aromatic carbocycles. The number of carboxylic acid groups (broad SMARTS) is 1. The topological polar surface area (TPSA) is 65.9 Å². The average molecular weight is 305 g/mol. The predicted octanol–water partition coefficient (Wildman–Crippen LogP) is 2.04. The SMILES string of the molecule is CCOCc1nc2c(cc1C)C[C@@H]1CN(C(=O)O)C[C@@H](C)N21. The van der Waals surface area contributed by atoms with E-state index in [-0.39, 0.29) is 12.1 Å². The number of piperazine rings is 1. The van der Waals surface area contributed by atoms with Gasteiger partial charge in [0.05, 0.1) is 18.3 Å². The zero-order valence-electron chi connectivity index (χ0n) is 13.4. The number of carbonyl (C=O) groups is 1. The number of ether oxygens (including phenoxy) is 1. The third-order valence-electron chi connectivity index (χ3n) is 4.57. The summed E-state index contributed by atoms with van der Waals surface area (Å²) in [5.74, 6) is 1.02. The van der Waals surface area contributed by atoms with Crippen LogP contribution in [0.15, 0.2) is 6.07 Å². The molecule has 120 valence electrons. The summed E-state index contributed by atoms with van der Waals surface area (Å²) in [6, 6.07) is 2.53. The van der Waals surface area contributed by atoms with Crippen molar-refractivity contribution in [2.24, 2.45) is 0 Å². The summed E-state index contributed by atoms with van der Waals surface area (Å²) in [4.78, 5) is 19.9. The molecule has 3 rings (SSSR count). The predicted molar refractivity (Wildman–Crippen MR) is 83.3 cm³/mol. The highest BCUT2D eigenvalue weighted by Gasteiger charge is 2.40. The molecule has 1 aromatic rings. The lowest BCUT2D eigenvalue weighted by molar-refractivity contribution is 0.127. The Bertz CT molecular complexity index is 590. The first-order valence-corrected chi connectivity index (χ1v) is 7.84. The molecule has 0 saturated carbocycles. The van der Waals surface area contributed by atoms with Crippen LogP contribution in [-0.4, -0.2) is 52.9 Å². The van der Waals surface area contributed by atoms with Gasteiger partial charge >= 0.3 is 6.09 Å². The van der Waals surface area contributed by atoms with E-state index in [1.807, 2.05) is 6.92 Å². The summed E-state index contributed by atoms with van der Waals surface area (Å²) >= 11 is 0. The summed E-state index contributed by atoms with van der Waals surface area (Å²) in [5, 5.41) is 9.25. The van der Waals surface area contributed by atoms with Crippen molar-refractivity contribution in [2.45, 2.75) is 45.9 Å². The van der Waals surface area contributed by atoms with Gasteiger partial charge in [0.15, 0.2) is 0 Å². The molecule has 2 aliphatic heterocycles. The van der Waals surface area contributed by atoms with E-state index >= 15 is 0 Å². The van der Waals surface area contributed by atoms with Crippen LogP contribution in [-0.2, 0) is 17.8 Å². The monoisotopic (exact) mass is 305 g/mol. The fraction of sp³-hybridized carbons (Fsp3) is 0.625. The summed E-state index contributed by atoms with van der Waals surface area (Å²) in [6.45, 7) is 8.40. The minimum absolute atomic E-state index is 0.145. The Balaban J connectivity index is 1.89. The number of hydrogen-bond donors (Lipinski definition) is 1. The van der Waals surface area contributed by atoms with Crippen molar-refractivity contribution in [2.75, 3.05) is 24.6 Å². The van der Waals surface area contributed by atoms with Crippen molar-refractivity contribution in [1.29, 1.82) is 0 Å². The molecule has 22 heavy (non-hydrogen) atoms. The van der Waals surface area contributed by atoms with Crippen LogP contribution < -0.4 is 4.90 Å². The molecule has 2 atom stereocenters. The molecule has 0 unspecified atom stereocenters. The second-order valence-electron chi connectivity index (χ2n) is 6.17. The molecule has 6 heteroatoms. The van der Waals surface area contributed by atoms with Crippen LogP contribution in [0.1, 0.15) is 30.7 Å². The molecule has 2 aliphatic rings. The normalized spacial score (nSPS) is 23.4. The lowest BCUT2D eigenvalue weighted by atomic mass is 10.1. The molecule has 0 spiro atoms. The van der Waals surface area contributed by atoms with E-state index in [0.29, 0.717) is 26.3 Å². The van der Waals surface area contributed by atoms with E-state index in [2.05, 4.69) is 24.8 Å². The molecule has 1 N–H and O–H groups in total. The highest BCUT2D eigenvalue weighted by Crippen LogP contribution is 2.36. The lowest BCUT2D eigenvalue weighted by Crippen LogP contribution is -2.58. The number of aromatic nitrogens is 1. The minimum Gasteiger partial charge on any atom is -0.465 e. The van der Waals surface area contributed by atoms with Crippen LogP contribution >= 0.6 is 0 Å². The third kappa shape index (κ3) is 2.52. The number of hydrogen-bond acceptors (Lipinski definition) is 4. The number of nitrogens with zero attached hydrogens (tertiary/aromatic N) is 3. The fourth-order valence-electron chi connectivity index (χ4n) is 3.55. The highest BCUT2D eigenvalue weighted by atomic mass is 16.5. The second-order valence-corrected chi connectivity index (χ2v) is 6.17. The van der Waals surface area contributed by atoms with Crippen LogP contribution in [0.3, 0.4) is 0 Å². The quantitative estimate of drug-likeness (QED) is 0.925. The lowest BCUT2D eigenvalue weighted by Gasteiger charge is -2.42. The molecule has 0 aliphatic carbocycles. The van der Waals surface area contributed by atoms with Crippen molar-refractivity contribution in [3.8, 4) is 0 Å². The summed E-state index contributed by atoms with van der Waals surface area (Å²) in [6.07, 6.45) is 0.0373. The molecule has 1 fully saturated rings. The average Bonchev–Trinajstić information content (AvgIpc) is 2.82. The van der Waals surface area contributed by atoms with Gasteiger partial charge in [0.1, 0.15) is 5.82 Å². The Labute approximate surface area is 130 Å². The van der Waals surface area contributed by atoms with Gasteiger partial charge in [0.25, 0.3) is 0 Å². The van der Waals surface area contributed by atoms with Gasteiger partial charge in [0.2, 0.25) is 0 Å². The van der Waals surface area contributed by atoms with Crippen molar-refractivity contribution >= 4 is 11.9 Å². The molecule has 1 amide bonds. The maximum Gasteiger partial charge on any atom is 0.407 e. The zero-order chi connectivity index (χ0) is 15.9. The van der Waals surface area contributed by atoms with E-state index in [1.165, 1.54) is 10.5 Å². The number of fused-ring (bicyclic) bond motifs is 3. The number of amides is 1. The van der Waals surface area contributed by atoms with Gasteiger partial charge < -0.3 is 19.6 Å². The van der Waals surface area contributed by atoms with Gasteiger partial charge in [0, 0.05) is 25.7 Å². The number of pyridine rings is 1. The fourth-order valence-corrected chi connectivity index (χ4v) is 3.55. The van der Waals surface area contributed by atoms with Crippen molar-refractivity contribution < 1.29 is 14.6 Å². The smallest absolute Gasteiger partial charge is 0.407 e. The van der Waals surface area contributed by atoms with Crippen molar-refractivity contribution in [3.05, 3.63) is 22.9 Å². The highest BCUT2D eigenvalue weighted by molar-refractivity contribution is 5.67. The van der Waals surface area contributed by atoms with E-state index in [1.54, 1.807) is 0 Å². The summed E-state index contributed by atoms with van der Waals surface area (Å²) < 4.78 is 5.50. The van der Waals surface area contributed by atoms with Gasteiger partial charge in [-0.15, -0.1) is 0 Å². The van der Waals surface area contributed by atoms with Crippen molar-refractivity contribution in [3.63, 3.8) is 0 Å². The molecule has 0 radical (unpaired) electrons. The molecule has 6 nitrogen and oxygen atoms in total. The standard InChI is InChI=1S/C16H23N3O3/c1-4-22-9-14-10(2)5-12-6-13-8-18(16(20)21)7-11(3)19(13)15(12)17-14/h5,11,13H,4,6-9H2,1-3H3,(H,20,21)/t11-,13-/m1/s1. The number of anilines is 1. The molecule has 1 aromatic heterocycles. The van der Waals surface area contributed by atoms with Crippen LogP contribution in [0.2, 0.25) is 0 Å². The van der Waals surface area contributed by atoms with Gasteiger partial charge in [-0.3, -0.25) is 0 Å². The third-order valence-corrected chi connectivity index (χ3v) is 4.57. The molecular weight excluding hydrogens is 282 g/mol. The number of rotatable bonds is 3. The molecule has 1 saturated heterocycles. The maximum absolute atomic E-state index is 11.3. The van der Waals surface area contributed by atoms with Crippen LogP contribution in [0.25, 0.3) is 0 Å². The van der Waals surface area contributed by atoms with E-state index in [4.69, 9.17) is 9.72 Å². The number of aryl methyl sites for hydroxylation is 1. The Morgan fingerprint density at radius 3 is 2.95 bits per heavy atom. The van der Waals surface area contributed by atoms with E-state index < -0.39 is 6.09 Å². The van der Waals surface area contributed by atoms with Gasteiger partial charge in [-0.05, 0) is 38.3 Å². The van der Waals surface area contributed by atoms with E-state index in [0.717, 1.165) is 23.5 Å². The van der Waals surface area contributed by atoms with E-state index in [9.17, 15) is 9.90 Å². The molecular formula is C16H23N3O3. The summed E-state index contributed by atoms with van der Waals surface area (Å²) in [5.41, 5.74) is 3.35. The zero-order valence-corrected chi connectivity index (χ0v) is 13.4. The Morgan fingerprint density at radius 2 is 2.27 bits per heavy atom. The van der Waals surface area contributed by atoms with Crippen molar-refractivity contribution in [1.82, 2.24) is 9.88 Å². The van der Waals surface area contributed by atoms with Crippen LogP contribution in [0.5, 0.6) is 0 Å². The van der Waals surface area contributed by atoms with Gasteiger partial charge in [-0.25, -0.2) is 9.78 Å². The van der Waals surface area contributed by atoms with Gasteiger partial charge in [-0.2, -0.15) is 0 Å². The Kier molecular flexibility index (Phi) is 3.95. The molecule has 0 bridgehead atoms. The van der Waals surface area contributed by atoms with Crippen LogP contribution in [0, 0.1) is 6.92 Å². The van der Waals surface area contributed by atoms with Gasteiger partial charge in [-0.1, -0.05) is 6.07 Å². The first-order chi connectivity index (χ1) is 10.5. The van der Waals surface area contributed by atoms with Crippen LogP contribution in [0.4, 0.5) is 10.6 Å². The minimum atomic E-state index is -0.830.